The van der Waals surface area contributed by atoms with Crippen molar-refractivity contribution in [3.8, 4) is 12.3 Å². The van der Waals surface area contributed by atoms with Gasteiger partial charge in [0.1, 0.15) is 0 Å². The average Bonchev–Trinajstić information content (AvgIpc) is 1.83. The number of carbonyl (C=O) groups excluding carboxylic acids is 1. The van der Waals surface area contributed by atoms with Crippen molar-refractivity contribution in [2.75, 3.05) is 5.88 Å². The second kappa shape index (κ2) is 4.48. The summed E-state index contributed by atoms with van der Waals surface area (Å²) >= 11 is 5.22. The van der Waals surface area contributed by atoms with E-state index in [0.29, 0.717) is 0 Å². The maximum Gasteiger partial charge on any atom is 0.294 e. The van der Waals surface area contributed by atoms with Crippen LogP contribution in [0, 0.1) is 12.3 Å². The van der Waals surface area contributed by atoms with Crippen LogP contribution < -0.4 is 0 Å². The van der Waals surface area contributed by atoms with Crippen LogP contribution in [0.2, 0.25) is 0 Å². The standard InChI is InChI=1S/C5H5ClO2/c1-2-5(3-6)8-4-7/h1,4-5H,3H2. The van der Waals surface area contributed by atoms with E-state index in [1.807, 2.05) is 0 Å². The number of rotatable bonds is 3. The van der Waals surface area contributed by atoms with Gasteiger partial charge in [0.05, 0.1) is 5.88 Å². The molecule has 0 spiro atoms. The Hall–Kier alpha value is -0.680. The summed E-state index contributed by atoms with van der Waals surface area (Å²) in [5.41, 5.74) is 0. The van der Waals surface area contributed by atoms with Gasteiger partial charge in [-0.3, -0.25) is 4.79 Å². The quantitative estimate of drug-likeness (QED) is 0.316. The second-order valence-corrected chi connectivity index (χ2v) is 1.35. The van der Waals surface area contributed by atoms with Crippen LogP contribution >= 0.6 is 11.6 Å². The molecule has 0 N–H and O–H groups in total. The van der Waals surface area contributed by atoms with Crippen LogP contribution in [0.4, 0.5) is 0 Å². The molecule has 1 atom stereocenters. The summed E-state index contributed by atoms with van der Waals surface area (Å²) in [7, 11) is 0. The third-order valence-electron chi connectivity index (χ3n) is 0.546. The molecular weight excluding hydrogens is 128 g/mol. The maximum atomic E-state index is 9.56. The molecule has 3 heteroatoms. The first-order chi connectivity index (χ1) is 3.85. The zero-order valence-electron chi connectivity index (χ0n) is 4.13. The van der Waals surface area contributed by atoms with Gasteiger partial charge in [0.2, 0.25) is 0 Å². The summed E-state index contributed by atoms with van der Waals surface area (Å²) in [6.07, 6.45) is 4.28. The molecule has 0 bridgehead atoms. The van der Waals surface area contributed by atoms with Crippen molar-refractivity contribution < 1.29 is 9.53 Å². The number of hydrogen-bond donors (Lipinski definition) is 0. The normalized spacial score (nSPS) is 11.5. The van der Waals surface area contributed by atoms with Crippen LogP contribution in [-0.4, -0.2) is 18.5 Å². The zero-order valence-corrected chi connectivity index (χ0v) is 4.89. The lowest BCUT2D eigenvalue weighted by atomic mass is 10.4. The number of halogens is 1. The lowest BCUT2D eigenvalue weighted by Gasteiger charge is -2.00. The van der Waals surface area contributed by atoms with Gasteiger partial charge in [-0.05, 0) is 0 Å². The molecule has 0 aromatic heterocycles. The molecule has 0 fully saturated rings. The van der Waals surface area contributed by atoms with E-state index in [9.17, 15) is 4.79 Å². The minimum absolute atomic E-state index is 0.148. The van der Waals surface area contributed by atoms with E-state index >= 15 is 0 Å². The van der Waals surface area contributed by atoms with E-state index in [-0.39, 0.29) is 12.4 Å². The Labute approximate surface area is 52.8 Å². The molecule has 0 aliphatic heterocycles. The number of carbonyl (C=O) groups is 1. The molecule has 0 aliphatic carbocycles. The first-order valence-corrected chi connectivity index (χ1v) is 2.49. The lowest BCUT2D eigenvalue weighted by molar-refractivity contribution is -0.130. The first kappa shape index (κ1) is 7.32. The van der Waals surface area contributed by atoms with Gasteiger partial charge < -0.3 is 4.74 Å². The highest BCUT2D eigenvalue weighted by molar-refractivity contribution is 6.18. The highest BCUT2D eigenvalue weighted by Crippen LogP contribution is 1.89. The van der Waals surface area contributed by atoms with Gasteiger partial charge in [-0.1, -0.05) is 5.92 Å². The van der Waals surface area contributed by atoms with Gasteiger partial charge in [0.15, 0.2) is 6.10 Å². The largest absolute Gasteiger partial charge is 0.450 e. The summed E-state index contributed by atoms with van der Waals surface area (Å²) in [5.74, 6) is 2.32. The average molecular weight is 133 g/mol. The summed E-state index contributed by atoms with van der Waals surface area (Å²) in [6, 6.07) is 0. The van der Waals surface area contributed by atoms with Crippen LogP contribution in [0.25, 0.3) is 0 Å². The number of terminal acetylenes is 1. The molecule has 0 radical (unpaired) electrons. The third-order valence-corrected chi connectivity index (χ3v) is 0.826. The van der Waals surface area contributed by atoms with E-state index in [0.717, 1.165) is 0 Å². The Morgan fingerprint density at radius 1 is 2.00 bits per heavy atom. The van der Waals surface area contributed by atoms with E-state index < -0.39 is 6.10 Å². The summed E-state index contributed by atoms with van der Waals surface area (Å²) in [5, 5.41) is 0. The van der Waals surface area contributed by atoms with E-state index in [1.54, 1.807) is 0 Å². The smallest absolute Gasteiger partial charge is 0.294 e. The Balaban J connectivity index is 3.40. The van der Waals surface area contributed by atoms with Crippen LogP contribution in [0.1, 0.15) is 0 Å². The molecule has 0 saturated carbocycles. The minimum atomic E-state index is -0.575. The van der Waals surface area contributed by atoms with Crippen LogP contribution in [0.5, 0.6) is 0 Å². The fourth-order valence-electron chi connectivity index (χ4n) is 0.187. The molecule has 0 amide bonds. The van der Waals surface area contributed by atoms with E-state index in [4.69, 9.17) is 18.0 Å². The van der Waals surface area contributed by atoms with Crippen molar-refractivity contribution >= 4 is 18.1 Å². The Kier molecular flexibility index (Phi) is 4.10. The number of hydrogen-bond acceptors (Lipinski definition) is 2. The molecular formula is C5H5ClO2. The fraction of sp³-hybridized carbons (Fsp3) is 0.400. The molecule has 0 aromatic rings. The molecule has 8 heavy (non-hydrogen) atoms. The summed E-state index contributed by atoms with van der Waals surface area (Å²) < 4.78 is 4.29. The first-order valence-electron chi connectivity index (χ1n) is 1.96. The summed E-state index contributed by atoms with van der Waals surface area (Å²) in [6.45, 7) is 0.285. The summed E-state index contributed by atoms with van der Waals surface area (Å²) in [4.78, 5) is 9.56. The van der Waals surface area contributed by atoms with E-state index in [1.165, 1.54) is 0 Å². The van der Waals surface area contributed by atoms with Gasteiger partial charge in [-0.2, -0.15) is 0 Å². The molecule has 0 heterocycles. The monoisotopic (exact) mass is 132 g/mol. The molecule has 0 aliphatic rings. The zero-order chi connectivity index (χ0) is 6.41. The second-order valence-electron chi connectivity index (χ2n) is 1.04. The van der Waals surface area contributed by atoms with Crippen molar-refractivity contribution in [3.05, 3.63) is 0 Å². The highest BCUT2D eigenvalue weighted by atomic mass is 35.5. The third kappa shape index (κ3) is 2.49. The van der Waals surface area contributed by atoms with Crippen molar-refractivity contribution in [2.45, 2.75) is 6.10 Å². The fourth-order valence-corrected chi connectivity index (χ4v) is 0.349. The van der Waals surface area contributed by atoms with Gasteiger partial charge in [-0.25, -0.2) is 0 Å². The topological polar surface area (TPSA) is 26.3 Å². The van der Waals surface area contributed by atoms with Crippen molar-refractivity contribution in [1.29, 1.82) is 0 Å². The predicted molar refractivity (Wildman–Crippen MR) is 30.5 cm³/mol. The van der Waals surface area contributed by atoms with Gasteiger partial charge in [0, 0.05) is 0 Å². The highest BCUT2D eigenvalue weighted by Gasteiger charge is 1.98. The SMILES string of the molecule is C#CC(CCl)OC=O. The minimum Gasteiger partial charge on any atom is -0.450 e. The van der Waals surface area contributed by atoms with Crippen molar-refractivity contribution in [1.82, 2.24) is 0 Å². The molecule has 44 valence electrons. The molecule has 0 rings (SSSR count). The predicted octanol–water partition coefficient (Wildman–Crippen LogP) is 0.400. The maximum absolute atomic E-state index is 9.56. The number of alkyl halides is 1. The van der Waals surface area contributed by atoms with Crippen molar-refractivity contribution in [2.24, 2.45) is 0 Å². The van der Waals surface area contributed by atoms with Gasteiger partial charge >= 0.3 is 0 Å². The Bertz CT molecular complexity index is 105. The van der Waals surface area contributed by atoms with E-state index in [2.05, 4.69) is 10.7 Å². The molecule has 1 unspecified atom stereocenters. The van der Waals surface area contributed by atoms with Crippen molar-refractivity contribution in [3.63, 3.8) is 0 Å². The Morgan fingerprint density at radius 2 is 2.62 bits per heavy atom. The molecule has 2 nitrogen and oxygen atoms in total. The van der Waals surface area contributed by atoms with Gasteiger partial charge in [-0.15, -0.1) is 18.0 Å². The molecule has 0 saturated heterocycles. The van der Waals surface area contributed by atoms with Crippen LogP contribution in [-0.2, 0) is 9.53 Å². The van der Waals surface area contributed by atoms with Gasteiger partial charge in [0.25, 0.3) is 6.47 Å². The Morgan fingerprint density at radius 3 is 2.75 bits per heavy atom. The lowest BCUT2D eigenvalue weighted by Crippen LogP contribution is -2.09. The number of ether oxygens (including phenoxy) is 1. The van der Waals surface area contributed by atoms with Crippen LogP contribution in [0.15, 0.2) is 0 Å². The molecule has 0 aromatic carbocycles. The van der Waals surface area contributed by atoms with Crippen LogP contribution in [0.3, 0.4) is 0 Å².